The summed E-state index contributed by atoms with van der Waals surface area (Å²) in [4.78, 5) is 15.3. The molecule has 0 atom stereocenters. The molecule has 0 N–H and O–H groups in total. The van der Waals surface area contributed by atoms with Gasteiger partial charge in [0.1, 0.15) is 11.2 Å². The van der Waals surface area contributed by atoms with Gasteiger partial charge >= 0.3 is 0 Å². The van der Waals surface area contributed by atoms with Gasteiger partial charge in [0.2, 0.25) is 0 Å². The van der Waals surface area contributed by atoms with Crippen molar-refractivity contribution in [2.45, 2.75) is 0 Å². The van der Waals surface area contributed by atoms with E-state index in [1.165, 1.54) is 16.5 Å². The minimum Gasteiger partial charge on any atom is -0.456 e. The van der Waals surface area contributed by atoms with Crippen molar-refractivity contribution >= 4 is 43.6 Å². The molecule has 0 aliphatic rings. The number of hydrogen-bond donors (Lipinski definition) is 0. The SMILES string of the molecule is c1ccc(-c2ccc(-c3cc(-c4ccc(-c5ccc(-c6nc7ccccc7c7c6ccc6oc8ccccc8c67)cc5)cc4)nc(-c4ccccc4)n3)cc2)cc1. The van der Waals surface area contributed by atoms with Crippen LogP contribution in [0.4, 0.5) is 0 Å². The minimum atomic E-state index is 0.700. The summed E-state index contributed by atoms with van der Waals surface area (Å²) in [5.74, 6) is 0.700. The first-order valence-electron chi connectivity index (χ1n) is 19.2. The molecule has 0 fully saturated rings. The molecular formula is C53H33N3O. The molecule has 0 saturated heterocycles. The van der Waals surface area contributed by atoms with E-state index in [4.69, 9.17) is 19.4 Å². The Bertz CT molecular complexity index is 3240. The molecule has 0 aliphatic carbocycles. The Labute approximate surface area is 329 Å². The molecule has 0 radical (unpaired) electrons. The second kappa shape index (κ2) is 13.6. The Morgan fingerprint density at radius 1 is 0.298 bits per heavy atom. The highest BCUT2D eigenvalue weighted by Gasteiger charge is 2.18. The number of aromatic nitrogens is 3. The number of nitrogens with zero attached hydrogens (tertiary/aromatic N) is 3. The lowest BCUT2D eigenvalue weighted by Crippen LogP contribution is -1.96. The molecule has 8 aromatic carbocycles. The van der Waals surface area contributed by atoms with Crippen molar-refractivity contribution in [3.63, 3.8) is 0 Å². The first kappa shape index (κ1) is 32.7. The molecule has 0 bridgehead atoms. The highest BCUT2D eigenvalue weighted by Crippen LogP contribution is 2.41. The predicted molar refractivity (Wildman–Crippen MR) is 235 cm³/mol. The monoisotopic (exact) mass is 727 g/mol. The fourth-order valence-electron chi connectivity index (χ4n) is 8.05. The van der Waals surface area contributed by atoms with Gasteiger partial charge in [0, 0.05) is 49.2 Å². The maximum Gasteiger partial charge on any atom is 0.160 e. The molecule has 11 aromatic rings. The third-order valence-corrected chi connectivity index (χ3v) is 10.9. The predicted octanol–water partition coefficient (Wildman–Crippen LogP) is 14.1. The Morgan fingerprint density at radius 3 is 1.42 bits per heavy atom. The van der Waals surface area contributed by atoms with Gasteiger partial charge in [0.25, 0.3) is 0 Å². The fraction of sp³-hybridized carbons (Fsp3) is 0. The van der Waals surface area contributed by atoms with Gasteiger partial charge in [-0.15, -0.1) is 0 Å². The van der Waals surface area contributed by atoms with Crippen LogP contribution in [0.5, 0.6) is 0 Å². The van der Waals surface area contributed by atoms with Gasteiger partial charge in [0.05, 0.1) is 22.6 Å². The summed E-state index contributed by atoms with van der Waals surface area (Å²) in [6.07, 6.45) is 0. The van der Waals surface area contributed by atoms with Crippen LogP contribution in [0.3, 0.4) is 0 Å². The standard InChI is InChI=1S/C53H33N3O/c1-3-11-34(12-4-1)35-19-25-38(26-20-35)46-33-47(56-53(55-46)41-13-5-2-6-14-41)39-27-21-36(22-28-39)37-23-29-40(30-24-37)52-44-31-32-49-51(43-16-8-10-18-48(43)57-49)50(44)42-15-7-9-17-45(42)54-52/h1-33H. The van der Waals surface area contributed by atoms with Crippen LogP contribution in [0, 0.1) is 0 Å². The highest BCUT2D eigenvalue weighted by molar-refractivity contribution is 6.28. The Balaban J connectivity index is 0.946. The van der Waals surface area contributed by atoms with Crippen LogP contribution in [-0.2, 0) is 0 Å². The molecule has 3 aromatic heterocycles. The zero-order chi connectivity index (χ0) is 37.7. The lowest BCUT2D eigenvalue weighted by Gasteiger charge is -2.12. The van der Waals surface area contributed by atoms with Gasteiger partial charge in [-0.05, 0) is 52.6 Å². The molecule has 11 rings (SSSR count). The fourth-order valence-corrected chi connectivity index (χ4v) is 8.05. The average Bonchev–Trinajstić information content (AvgIpc) is 3.68. The van der Waals surface area contributed by atoms with Crippen molar-refractivity contribution < 1.29 is 4.42 Å². The molecule has 3 heterocycles. The third-order valence-electron chi connectivity index (χ3n) is 10.9. The number of furan rings is 1. The number of benzene rings is 8. The molecular weight excluding hydrogens is 695 g/mol. The zero-order valence-electron chi connectivity index (χ0n) is 30.8. The number of hydrogen-bond acceptors (Lipinski definition) is 4. The summed E-state index contributed by atoms with van der Waals surface area (Å²) in [5, 5.41) is 5.65. The lowest BCUT2D eigenvalue weighted by atomic mass is 9.95. The van der Waals surface area contributed by atoms with E-state index in [1.807, 2.05) is 36.4 Å². The van der Waals surface area contributed by atoms with E-state index in [0.29, 0.717) is 5.82 Å². The van der Waals surface area contributed by atoms with Gasteiger partial charge < -0.3 is 4.42 Å². The normalized spacial score (nSPS) is 11.5. The summed E-state index contributed by atoms with van der Waals surface area (Å²) >= 11 is 0. The summed E-state index contributed by atoms with van der Waals surface area (Å²) in [7, 11) is 0. The summed E-state index contributed by atoms with van der Waals surface area (Å²) in [5.41, 5.74) is 14.2. The van der Waals surface area contributed by atoms with Gasteiger partial charge in [0.15, 0.2) is 5.82 Å². The summed E-state index contributed by atoms with van der Waals surface area (Å²) in [6, 6.07) is 69.6. The van der Waals surface area contributed by atoms with Crippen molar-refractivity contribution in [2.24, 2.45) is 0 Å². The smallest absolute Gasteiger partial charge is 0.160 e. The summed E-state index contributed by atoms with van der Waals surface area (Å²) < 4.78 is 6.30. The average molecular weight is 728 g/mol. The summed E-state index contributed by atoms with van der Waals surface area (Å²) in [6.45, 7) is 0. The van der Waals surface area contributed by atoms with Crippen LogP contribution in [0.1, 0.15) is 0 Å². The first-order chi connectivity index (χ1) is 28.2. The molecule has 4 nitrogen and oxygen atoms in total. The maximum atomic E-state index is 6.30. The number of fused-ring (bicyclic) bond motifs is 7. The largest absolute Gasteiger partial charge is 0.456 e. The number of para-hydroxylation sites is 2. The van der Waals surface area contributed by atoms with Crippen LogP contribution < -0.4 is 0 Å². The van der Waals surface area contributed by atoms with Crippen LogP contribution in [-0.4, -0.2) is 15.0 Å². The molecule has 0 aliphatic heterocycles. The second-order valence-corrected chi connectivity index (χ2v) is 14.4. The second-order valence-electron chi connectivity index (χ2n) is 14.4. The van der Waals surface area contributed by atoms with Crippen molar-refractivity contribution in [3.8, 4) is 67.4 Å². The van der Waals surface area contributed by atoms with E-state index >= 15 is 0 Å². The van der Waals surface area contributed by atoms with E-state index in [2.05, 4.69) is 164 Å². The van der Waals surface area contributed by atoms with Gasteiger partial charge in [-0.2, -0.15) is 0 Å². The van der Waals surface area contributed by atoms with E-state index < -0.39 is 0 Å². The van der Waals surface area contributed by atoms with E-state index in [9.17, 15) is 0 Å². The van der Waals surface area contributed by atoms with Crippen LogP contribution in [0.2, 0.25) is 0 Å². The lowest BCUT2D eigenvalue weighted by molar-refractivity contribution is 0.669. The molecule has 4 heteroatoms. The molecule has 0 unspecified atom stereocenters. The van der Waals surface area contributed by atoms with Gasteiger partial charge in [-0.25, -0.2) is 15.0 Å². The quantitative estimate of drug-likeness (QED) is 0.160. The Kier molecular flexibility index (Phi) is 7.78. The van der Waals surface area contributed by atoms with Crippen molar-refractivity contribution in [2.75, 3.05) is 0 Å². The first-order valence-corrected chi connectivity index (χ1v) is 19.2. The van der Waals surface area contributed by atoms with Crippen LogP contribution in [0.15, 0.2) is 205 Å². The molecule has 266 valence electrons. The van der Waals surface area contributed by atoms with E-state index in [1.54, 1.807) is 0 Å². The highest BCUT2D eigenvalue weighted by atomic mass is 16.3. The topological polar surface area (TPSA) is 51.8 Å². The third kappa shape index (κ3) is 5.83. The Morgan fingerprint density at radius 2 is 0.789 bits per heavy atom. The van der Waals surface area contributed by atoms with Crippen LogP contribution >= 0.6 is 0 Å². The Hall–Kier alpha value is -7.69. The van der Waals surface area contributed by atoms with Crippen molar-refractivity contribution in [1.29, 1.82) is 0 Å². The van der Waals surface area contributed by atoms with Gasteiger partial charge in [-0.3, -0.25) is 0 Å². The minimum absolute atomic E-state index is 0.700. The molecule has 57 heavy (non-hydrogen) atoms. The van der Waals surface area contributed by atoms with Crippen molar-refractivity contribution in [3.05, 3.63) is 200 Å². The number of rotatable bonds is 6. The molecule has 0 saturated carbocycles. The molecule has 0 spiro atoms. The zero-order valence-corrected chi connectivity index (χ0v) is 30.8. The number of pyridine rings is 1. The van der Waals surface area contributed by atoms with Crippen molar-refractivity contribution in [1.82, 2.24) is 15.0 Å². The molecule has 0 amide bonds. The van der Waals surface area contributed by atoms with Crippen LogP contribution in [0.25, 0.3) is 111 Å². The maximum absolute atomic E-state index is 6.30. The van der Waals surface area contributed by atoms with E-state index in [-0.39, 0.29) is 0 Å². The van der Waals surface area contributed by atoms with E-state index in [0.717, 1.165) is 88.7 Å². The van der Waals surface area contributed by atoms with Gasteiger partial charge in [-0.1, -0.05) is 170 Å².